The van der Waals surface area contributed by atoms with E-state index >= 15 is 0 Å². The van der Waals surface area contributed by atoms with Crippen LogP contribution in [0.1, 0.15) is 25.5 Å². The zero-order valence-electron chi connectivity index (χ0n) is 6.79. The lowest BCUT2D eigenvalue weighted by molar-refractivity contribution is 0.548. The molecule has 12 heavy (non-hydrogen) atoms. The molecule has 1 aromatic heterocycles. The molecule has 0 N–H and O–H groups in total. The Balaban J connectivity index is 2.79. The summed E-state index contributed by atoms with van der Waals surface area (Å²) in [6.45, 7) is 2.86. The van der Waals surface area contributed by atoms with E-state index in [1.54, 1.807) is 4.68 Å². The van der Waals surface area contributed by atoms with E-state index < -0.39 is 0 Å². The van der Waals surface area contributed by atoms with Gasteiger partial charge in [0.05, 0.1) is 0 Å². The maximum absolute atomic E-state index is 8.71. The minimum Gasteiger partial charge on any atom is -0.233 e. The van der Waals surface area contributed by atoms with Crippen LogP contribution in [0.25, 0.3) is 0 Å². The van der Waals surface area contributed by atoms with Crippen LogP contribution in [0.3, 0.4) is 0 Å². The van der Waals surface area contributed by atoms with Gasteiger partial charge in [-0.05, 0) is 22.4 Å². The molecule has 5 heteroatoms. The lowest BCUT2D eigenvalue weighted by atomic mass is 10.3. The summed E-state index contributed by atoms with van der Waals surface area (Å²) in [5.41, 5.74) is 0.503. The second-order valence-electron chi connectivity index (χ2n) is 2.42. The number of hydrogen-bond donors (Lipinski definition) is 0. The van der Waals surface area contributed by atoms with Crippen molar-refractivity contribution in [2.75, 3.05) is 0 Å². The van der Waals surface area contributed by atoms with Gasteiger partial charge in [-0.1, -0.05) is 18.6 Å². The number of aryl methyl sites for hydroxylation is 1. The number of unbranched alkanes of at least 4 members (excludes halogenated alkanes) is 1. The van der Waals surface area contributed by atoms with Gasteiger partial charge in [-0.2, -0.15) is 5.26 Å². The molecule has 0 radical (unpaired) electrons. The summed E-state index contributed by atoms with van der Waals surface area (Å²) in [5.74, 6) is 0. The fourth-order valence-electron chi connectivity index (χ4n) is 0.860. The quantitative estimate of drug-likeness (QED) is 0.792. The minimum atomic E-state index is 0.503. The zero-order valence-corrected chi connectivity index (χ0v) is 8.37. The van der Waals surface area contributed by atoms with E-state index in [4.69, 9.17) is 5.26 Å². The minimum absolute atomic E-state index is 0.503. The van der Waals surface area contributed by atoms with E-state index in [2.05, 4.69) is 33.2 Å². The van der Waals surface area contributed by atoms with Crippen molar-refractivity contribution in [2.45, 2.75) is 26.3 Å². The largest absolute Gasteiger partial charge is 0.233 e. The van der Waals surface area contributed by atoms with Gasteiger partial charge in [0, 0.05) is 6.54 Å². The standard InChI is InChI=1S/C7H9BrN4/c1-2-3-4-12-6(5-9)7(8)10-11-12/h2-4H2,1H3. The molecule has 0 aliphatic heterocycles. The lowest BCUT2D eigenvalue weighted by Gasteiger charge is -1.97. The molecule has 64 valence electrons. The summed E-state index contributed by atoms with van der Waals surface area (Å²) >= 11 is 3.15. The molecular formula is C7H9BrN4. The van der Waals surface area contributed by atoms with Gasteiger partial charge in [0.2, 0.25) is 0 Å². The molecular weight excluding hydrogens is 220 g/mol. The van der Waals surface area contributed by atoms with Crippen molar-refractivity contribution in [1.29, 1.82) is 5.26 Å². The van der Waals surface area contributed by atoms with Crippen molar-refractivity contribution >= 4 is 15.9 Å². The molecule has 1 heterocycles. The van der Waals surface area contributed by atoms with Gasteiger partial charge in [0.15, 0.2) is 10.3 Å². The number of nitrogens with zero attached hydrogens (tertiary/aromatic N) is 4. The van der Waals surface area contributed by atoms with Crippen LogP contribution in [0.4, 0.5) is 0 Å². The Hall–Kier alpha value is -0.890. The number of halogens is 1. The molecule has 0 atom stereocenters. The van der Waals surface area contributed by atoms with E-state index in [1.807, 2.05) is 6.07 Å². The number of rotatable bonds is 3. The summed E-state index contributed by atoms with van der Waals surface area (Å²) in [6, 6.07) is 2.04. The van der Waals surface area contributed by atoms with E-state index in [1.165, 1.54) is 0 Å². The van der Waals surface area contributed by atoms with Crippen LogP contribution in [0.15, 0.2) is 4.60 Å². The van der Waals surface area contributed by atoms with E-state index in [9.17, 15) is 0 Å². The normalized spacial score (nSPS) is 9.75. The monoisotopic (exact) mass is 228 g/mol. The second kappa shape index (κ2) is 4.21. The summed E-state index contributed by atoms with van der Waals surface area (Å²) in [6.07, 6.45) is 2.10. The highest BCUT2D eigenvalue weighted by atomic mass is 79.9. The highest BCUT2D eigenvalue weighted by Crippen LogP contribution is 2.11. The van der Waals surface area contributed by atoms with Gasteiger partial charge < -0.3 is 0 Å². The third-order valence-electron chi connectivity index (χ3n) is 1.52. The number of aromatic nitrogens is 3. The van der Waals surface area contributed by atoms with Crippen LogP contribution in [-0.2, 0) is 6.54 Å². The van der Waals surface area contributed by atoms with Gasteiger partial charge in [0.1, 0.15) is 6.07 Å². The molecule has 0 fully saturated rings. The average molecular weight is 229 g/mol. The second-order valence-corrected chi connectivity index (χ2v) is 3.17. The molecule has 0 spiro atoms. The van der Waals surface area contributed by atoms with Crippen LogP contribution in [-0.4, -0.2) is 15.0 Å². The van der Waals surface area contributed by atoms with Crippen molar-refractivity contribution in [3.63, 3.8) is 0 Å². The zero-order chi connectivity index (χ0) is 8.97. The SMILES string of the molecule is CCCCn1nnc(Br)c1C#N. The molecule has 1 aromatic rings. The molecule has 0 amide bonds. The Morgan fingerprint density at radius 2 is 2.42 bits per heavy atom. The van der Waals surface area contributed by atoms with Crippen LogP contribution in [0.2, 0.25) is 0 Å². The van der Waals surface area contributed by atoms with Crippen molar-refractivity contribution in [1.82, 2.24) is 15.0 Å². The van der Waals surface area contributed by atoms with Crippen molar-refractivity contribution in [3.8, 4) is 6.07 Å². The summed E-state index contributed by atoms with van der Waals surface area (Å²) in [5, 5.41) is 16.3. The predicted octanol–water partition coefficient (Wildman–Crippen LogP) is 1.71. The van der Waals surface area contributed by atoms with Gasteiger partial charge in [-0.15, -0.1) is 5.10 Å². The highest BCUT2D eigenvalue weighted by Gasteiger charge is 2.07. The highest BCUT2D eigenvalue weighted by molar-refractivity contribution is 9.10. The van der Waals surface area contributed by atoms with Gasteiger partial charge >= 0.3 is 0 Å². The smallest absolute Gasteiger partial charge is 0.173 e. The Kier molecular flexibility index (Phi) is 3.23. The van der Waals surface area contributed by atoms with Gasteiger partial charge in [-0.25, -0.2) is 4.68 Å². The molecule has 0 bridgehead atoms. The van der Waals surface area contributed by atoms with E-state index in [0.29, 0.717) is 10.3 Å². The first-order valence-electron chi connectivity index (χ1n) is 3.78. The Morgan fingerprint density at radius 1 is 1.67 bits per heavy atom. The molecule has 0 saturated carbocycles. The van der Waals surface area contributed by atoms with Crippen molar-refractivity contribution in [3.05, 3.63) is 10.3 Å². The van der Waals surface area contributed by atoms with Crippen LogP contribution in [0.5, 0.6) is 0 Å². The van der Waals surface area contributed by atoms with Gasteiger partial charge in [-0.3, -0.25) is 0 Å². The summed E-state index contributed by atoms with van der Waals surface area (Å²) in [4.78, 5) is 0. The fourth-order valence-corrected chi connectivity index (χ4v) is 1.22. The molecule has 0 saturated heterocycles. The summed E-state index contributed by atoms with van der Waals surface area (Å²) < 4.78 is 2.15. The molecule has 0 aromatic carbocycles. The maximum Gasteiger partial charge on any atom is 0.173 e. The third kappa shape index (κ3) is 1.83. The number of nitriles is 1. The first-order valence-corrected chi connectivity index (χ1v) is 4.58. The van der Waals surface area contributed by atoms with Crippen molar-refractivity contribution < 1.29 is 0 Å². The molecule has 0 aliphatic carbocycles. The fraction of sp³-hybridized carbons (Fsp3) is 0.571. The first-order chi connectivity index (χ1) is 5.79. The molecule has 1 rings (SSSR count). The molecule has 0 unspecified atom stereocenters. The topological polar surface area (TPSA) is 54.5 Å². The summed E-state index contributed by atoms with van der Waals surface area (Å²) in [7, 11) is 0. The van der Waals surface area contributed by atoms with Crippen LogP contribution >= 0.6 is 15.9 Å². The Morgan fingerprint density at radius 3 is 3.00 bits per heavy atom. The molecule has 4 nitrogen and oxygen atoms in total. The molecule has 0 aliphatic rings. The Labute approximate surface area is 79.3 Å². The van der Waals surface area contributed by atoms with Gasteiger partial charge in [0.25, 0.3) is 0 Å². The van der Waals surface area contributed by atoms with E-state index in [-0.39, 0.29) is 0 Å². The third-order valence-corrected chi connectivity index (χ3v) is 2.06. The first kappa shape index (κ1) is 9.20. The number of hydrogen-bond acceptors (Lipinski definition) is 3. The Bertz CT molecular complexity index is 299. The van der Waals surface area contributed by atoms with Crippen LogP contribution in [0, 0.1) is 11.3 Å². The average Bonchev–Trinajstić information content (AvgIpc) is 2.43. The maximum atomic E-state index is 8.71. The predicted molar refractivity (Wildman–Crippen MR) is 47.3 cm³/mol. The lowest BCUT2D eigenvalue weighted by Crippen LogP contribution is -2.02. The van der Waals surface area contributed by atoms with E-state index in [0.717, 1.165) is 19.4 Å². The van der Waals surface area contributed by atoms with Crippen LogP contribution < -0.4 is 0 Å². The van der Waals surface area contributed by atoms with Crippen molar-refractivity contribution in [2.24, 2.45) is 0 Å².